The lowest BCUT2D eigenvalue weighted by molar-refractivity contribution is 0.132. The van der Waals surface area contributed by atoms with Crippen LogP contribution < -0.4 is 11.1 Å². The highest BCUT2D eigenvalue weighted by Gasteiger charge is 2.17. The molecule has 0 fully saturated rings. The maximum atomic E-state index is 11.4. The first-order valence-electron chi connectivity index (χ1n) is 6.50. The molecule has 5 nitrogen and oxygen atoms in total. The monoisotopic (exact) mass is 300 g/mol. The molecule has 1 aromatic rings. The molecular weight excluding hydrogens is 276 g/mol. The molecule has 0 aliphatic heterocycles. The number of benzene rings is 1. The minimum atomic E-state index is -3.25. The SMILES string of the molecule is CC(C)(C)CC(O)CNc1ccc(S(C)(=O)=O)cc1N. The number of nitrogens with one attached hydrogen (secondary N) is 1. The van der Waals surface area contributed by atoms with Crippen molar-refractivity contribution in [1.82, 2.24) is 0 Å². The average molecular weight is 300 g/mol. The molecule has 0 bridgehead atoms. The predicted octanol–water partition coefficient (Wildman–Crippen LogP) is 1.88. The number of sulfone groups is 1. The van der Waals surface area contributed by atoms with Crippen LogP contribution in [0.4, 0.5) is 11.4 Å². The Morgan fingerprint density at radius 1 is 1.35 bits per heavy atom. The number of anilines is 2. The van der Waals surface area contributed by atoms with Crippen LogP contribution >= 0.6 is 0 Å². The summed E-state index contributed by atoms with van der Waals surface area (Å²) in [4.78, 5) is 0.191. The van der Waals surface area contributed by atoms with Crippen molar-refractivity contribution in [2.75, 3.05) is 23.9 Å². The summed E-state index contributed by atoms with van der Waals surface area (Å²) in [5.74, 6) is 0. The molecule has 1 atom stereocenters. The van der Waals surface area contributed by atoms with Gasteiger partial charge in [-0.2, -0.15) is 0 Å². The van der Waals surface area contributed by atoms with Gasteiger partial charge in [-0.25, -0.2) is 8.42 Å². The Labute approximate surface area is 121 Å². The van der Waals surface area contributed by atoms with Gasteiger partial charge in [-0.3, -0.25) is 0 Å². The Hall–Kier alpha value is -1.27. The number of hydrogen-bond donors (Lipinski definition) is 3. The van der Waals surface area contributed by atoms with E-state index >= 15 is 0 Å². The van der Waals surface area contributed by atoms with Crippen LogP contribution in [0, 0.1) is 5.41 Å². The highest BCUT2D eigenvalue weighted by atomic mass is 32.2. The summed E-state index contributed by atoms with van der Waals surface area (Å²) in [5.41, 5.74) is 6.86. The zero-order chi connectivity index (χ0) is 15.6. The molecule has 20 heavy (non-hydrogen) atoms. The molecule has 0 spiro atoms. The third-order valence-electron chi connectivity index (χ3n) is 2.83. The second-order valence-corrected chi connectivity index (χ2v) is 8.34. The summed E-state index contributed by atoms with van der Waals surface area (Å²) in [6.45, 7) is 6.56. The van der Waals surface area contributed by atoms with Crippen LogP contribution in [0.2, 0.25) is 0 Å². The summed E-state index contributed by atoms with van der Waals surface area (Å²) in [5, 5.41) is 13.0. The lowest BCUT2D eigenvalue weighted by atomic mass is 9.89. The van der Waals surface area contributed by atoms with Gasteiger partial charge < -0.3 is 16.2 Å². The minimum Gasteiger partial charge on any atom is -0.397 e. The number of nitrogens with two attached hydrogens (primary N) is 1. The fourth-order valence-electron chi connectivity index (χ4n) is 1.94. The third kappa shape index (κ3) is 5.38. The third-order valence-corrected chi connectivity index (χ3v) is 3.94. The van der Waals surface area contributed by atoms with Crippen LogP contribution in [-0.4, -0.2) is 32.4 Å². The Morgan fingerprint density at radius 2 is 1.95 bits per heavy atom. The maximum Gasteiger partial charge on any atom is 0.175 e. The average Bonchev–Trinajstić information content (AvgIpc) is 2.23. The van der Waals surface area contributed by atoms with Gasteiger partial charge in [-0.15, -0.1) is 0 Å². The zero-order valence-corrected chi connectivity index (χ0v) is 13.3. The second-order valence-electron chi connectivity index (χ2n) is 6.32. The molecule has 4 N–H and O–H groups in total. The van der Waals surface area contributed by atoms with Crippen molar-refractivity contribution in [1.29, 1.82) is 0 Å². The van der Waals surface area contributed by atoms with E-state index in [9.17, 15) is 13.5 Å². The standard InChI is InChI=1S/C14H24N2O3S/c1-14(2,3)8-10(17)9-16-13-6-5-11(7-12(13)15)20(4,18)19/h5-7,10,16-17H,8-9,15H2,1-4H3. The zero-order valence-electron chi connectivity index (χ0n) is 12.5. The van der Waals surface area contributed by atoms with Gasteiger partial charge in [0, 0.05) is 12.8 Å². The molecule has 0 saturated carbocycles. The van der Waals surface area contributed by atoms with Gasteiger partial charge >= 0.3 is 0 Å². The summed E-state index contributed by atoms with van der Waals surface area (Å²) < 4.78 is 22.8. The van der Waals surface area contributed by atoms with Crippen LogP contribution in [-0.2, 0) is 9.84 Å². The van der Waals surface area contributed by atoms with Gasteiger partial charge in [0.05, 0.1) is 22.4 Å². The molecule has 0 radical (unpaired) electrons. The smallest absolute Gasteiger partial charge is 0.175 e. The predicted molar refractivity (Wildman–Crippen MR) is 82.5 cm³/mol. The lowest BCUT2D eigenvalue weighted by Crippen LogP contribution is -2.25. The number of aliphatic hydroxyl groups is 1. The first-order chi connectivity index (χ1) is 8.99. The van der Waals surface area contributed by atoms with Crippen LogP contribution in [0.25, 0.3) is 0 Å². The van der Waals surface area contributed by atoms with Crippen LogP contribution in [0.3, 0.4) is 0 Å². The summed E-state index contributed by atoms with van der Waals surface area (Å²) in [6, 6.07) is 4.55. The number of nitrogen functional groups attached to an aromatic ring is 1. The number of rotatable bonds is 5. The molecule has 0 saturated heterocycles. The highest BCUT2D eigenvalue weighted by Crippen LogP contribution is 2.24. The van der Waals surface area contributed by atoms with E-state index in [4.69, 9.17) is 5.73 Å². The Balaban J connectivity index is 2.71. The number of aliphatic hydroxyl groups excluding tert-OH is 1. The Kier molecular flexibility index (Phi) is 5.05. The van der Waals surface area contributed by atoms with Gasteiger partial charge in [0.25, 0.3) is 0 Å². The fraction of sp³-hybridized carbons (Fsp3) is 0.571. The van der Waals surface area contributed by atoms with Crippen LogP contribution in [0.15, 0.2) is 23.1 Å². The first kappa shape index (κ1) is 16.8. The van der Waals surface area contributed by atoms with E-state index in [2.05, 4.69) is 26.1 Å². The van der Waals surface area contributed by atoms with Crippen molar-refractivity contribution in [3.05, 3.63) is 18.2 Å². The van der Waals surface area contributed by atoms with E-state index in [1.54, 1.807) is 6.07 Å². The lowest BCUT2D eigenvalue weighted by Gasteiger charge is -2.23. The van der Waals surface area contributed by atoms with Gasteiger partial charge in [0.2, 0.25) is 0 Å². The Morgan fingerprint density at radius 3 is 2.40 bits per heavy atom. The minimum absolute atomic E-state index is 0.0484. The molecule has 0 amide bonds. The van der Waals surface area contributed by atoms with Gasteiger partial charge in [0.15, 0.2) is 9.84 Å². The van der Waals surface area contributed by atoms with E-state index < -0.39 is 15.9 Å². The molecular formula is C14H24N2O3S. The van der Waals surface area contributed by atoms with Crippen molar-refractivity contribution in [3.63, 3.8) is 0 Å². The molecule has 0 aromatic heterocycles. The van der Waals surface area contributed by atoms with Crippen molar-refractivity contribution in [2.24, 2.45) is 5.41 Å². The quantitative estimate of drug-likeness (QED) is 0.722. The van der Waals surface area contributed by atoms with Crippen molar-refractivity contribution in [2.45, 2.75) is 38.2 Å². The van der Waals surface area contributed by atoms with Crippen molar-refractivity contribution >= 4 is 21.2 Å². The van der Waals surface area contributed by atoms with E-state index in [1.807, 2.05) is 0 Å². The summed E-state index contributed by atoms with van der Waals surface area (Å²) >= 11 is 0. The molecule has 0 aliphatic carbocycles. The molecule has 0 aliphatic rings. The van der Waals surface area contributed by atoms with E-state index in [1.165, 1.54) is 12.1 Å². The van der Waals surface area contributed by atoms with E-state index in [0.29, 0.717) is 24.3 Å². The van der Waals surface area contributed by atoms with E-state index in [0.717, 1.165) is 6.26 Å². The van der Waals surface area contributed by atoms with Gasteiger partial charge in [-0.1, -0.05) is 20.8 Å². The van der Waals surface area contributed by atoms with Gasteiger partial charge in [0.1, 0.15) is 0 Å². The fourth-order valence-corrected chi connectivity index (χ4v) is 2.60. The largest absolute Gasteiger partial charge is 0.397 e. The molecule has 1 unspecified atom stereocenters. The maximum absolute atomic E-state index is 11.4. The first-order valence-corrected chi connectivity index (χ1v) is 8.40. The topological polar surface area (TPSA) is 92.4 Å². The molecule has 0 heterocycles. The van der Waals surface area contributed by atoms with E-state index in [-0.39, 0.29) is 10.3 Å². The summed E-state index contributed by atoms with van der Waals surface area (Å²) in [6.07, 6.45) is 1.33. The van der Waals surface area contributed by atoms with Crippen molar-refractivity contribution in [3.8, 4) is 0 Å². The van der Waals surface area contributed by atoms with Crippen molar-refractivity contribution < 1.29 is 13.5 Å². The number of hydrogen-bond acceptors (Lipinski definition) is 5. The highest BCUT2D eigenvalue weighted by molar-refractivity contribution is 7.90. The second kappa shape index (κ2) is 6.01. The van der Waals surface area contributed by atoms with Crippen LogP contribution in [0.5, 0.6) is 0 Å². The molecule has 6 heteroatoms. The molecule has 1 aromatic carbocycles. The normalized spacial score (nSPS) is 14.1. The van der Waals surface area contributed by atoms with Gasteiger partial charge in [-0.05, 0) is 30.0 Å². The molecule has 114 valence electrons. The summed E-state index contributed by atoms with van der Waals surface area (Å²) in [7, 11) is -3.25. The van der Waals surface area contributed by atoms with Crippen LogP contribution in [0.1, 0.15) is 27.2 Å². The Bertz CT molecular complexity index is 562. The molecule has 1 rings (SSSR count).